The first-order valence-corrected chi connectivity index (χ1v) is 5.84. The highest BCUT2D eigenvalue weighted by Crippen LogP contribution is 2.23. The molecule has 0 fully saturated rings. The van der Waals surface area contributed by atoms with Crippen LogP contribution in [0.3, 0.4) is 0 Å². The summed E-state index contributed by atoms with van der Waals surface area (Å²) in [5.41, 5.74) is 0.683. The third-order valence-corrected chi connectivity index (χ3v) is 2.67. The van der Waals surface area contributed by atoms with Crippen LogP contribution >= 0.6 is 15.9 Å². The van der Waals surface area contributed by atoms with Crippen molar-refractivity contribution in [2.45, 2.75) is 6.54 Å². The van der Waals surface area contributed by atoms with E-state index in [9.17, 15) is 9.90 Å². The van der Waals surface area contributed by atoms with Crippen molar-refractivity contribution in [3.8, 4) is 5.75 Å². The largest absolute Gasteiger partial charge is 0.508 e. The highest BCUT2D eigenvalue weighted by atomic mass is 79.9. The molecule has 0 saturated carbocycles. The summed E-state index contributed by atoms with van der Waals surface area (Å²) in [6.45, 7) is 4.32. The van der Waals surface area contributed by atoms with E-state index in [4.69, 9.17) is 5.11 Å². The molecule has 5 heteroatoms. The van der Waals surface area contributed by atoms with Gasteiger partial charge in [-0.1, -0.05) is 22.0 Å². The van der Waals surface area contributed by atoms with Crippen LogP contribution in [0.2, 0.25) is 0 Å². The van der Waals surface area contributed by atoms with Gasteiger partial charge in [0.05, 0.1) is 6.54 Å². The normalized spacial score (nSPS) is 10.5. The SMILES string of the molecule is C=CCN(CC(=O)O)Cc1cc(Br)ccc1O. The summed E-state index contributed by atoms with van der Waals surface area (Å²) in [6.07, 6.45) is 1.64. The predicted molar refractivity (Wildman–Crippen MR) is 68.9 cm³/mol. The van der Waals surface area contributed by atoms with Gasteiger partial charge < -0.3 is 10.2 Å². The third-order valence-electron chi connectivity index (χ3n) is 2.18. The smallest absolute Gasteiger partial charge is 0.317 e. The van der Waals surface area contributed by atoms with Crippen molar-refractivity contribution in [1.29, 1.82) is 0 Å². The van der Waals surface area contributed by atoms with Crippen molar-refractivity contribution in [3.05, 3.63) is 40.9 Å². The molecule has 1 aromatic carbocycles. The third kappa shape index (κ3) is 4.58. The first-order chi connectivity index (χ1) is 8.02. The lowest BCUT2D eigenvalue weighted by Gasteiger charge is -2.19. The van der Waals surface area contributed by atoms with Crippen molar-refractivity contribution >= 4 is 21.9 Å². The van der Waals surface area contributed by atoms with Gasteiger partial charge in [0.15, 0.2) is 0 Å². The van der Waals surface area contributed by atoms with Crippen LogP contribution in [0, 0.1) is 0 Å². The molecule has 92 valence electrons. The molecule has 0 aliphatic rings. The van der Waals surface area contributed by atoms with Crippen LogP contribution in [0.4, 0.5) is 0 Å². The Bertz CT molecular complexity index is 420. The molecule has 0 radical (unpaired) electrons. The minimum atomic E-state index is -0.902. The van der Waals surface area contributed by atoms with E-state index in [1.165, 1.54) is 0 Å². The highest BCUT2D eigenvalue weighted by Gasteiger charge is 2.11. The molecule has 0 atom stereocenters. The maximum Gasteiger partial charge on any atom is 0.317 e. The number of carboxylic acid groups (broad SMARTS) is 1. The molecule has 0 spiro atoms. The maximum atomic E-state index is 10.7. The molecular weight excluding hydrogens is 286 g/mol. The zero-order valence-electron chi connectivity index (χ0n) is 9.27. The van der Waals surface area contributed by atoms with Crippen LogP contribution in [0.25, 0.3) is 0 Å². The molecule has 0 aliphatic carbocycles. The number of aliphatic carboxylic acids is 1. The van der Waals surface area contributed by atoms with E-state index < -0.39 is 5.97 Å². The average molecular weight is 300 g/mol. The summed E-state index contributed by atoms with van der Waals surface area (Å²) in [5, 5.41) is 18.4. The number of aromatic hydroxyl groups is 1. The van der Waals surface area contributed by atoms with Gasteiger partial charge in [-0.25, -0.2) is 0 Å². The number of hydrogen-bond acceptors (Lipinski definition) is 3. The lowest BCUT2D eigenvalue weighted by Crippen LogP contribution is -2.29. The second-order valence-corrected chi connectivity index (χ2v) is 4.54. The van der Waals surface area contributed by atoms with Gasteiger partial charge in [-0.15, -0.1) is 6.58 Å². The highest BCUT2D eigenvalue weighted by molar-refractivity contribution is 9.10. The Morgan fingerprint density at radius 2 is 2.24 bits per heavy atom. The summed E-state index contributed by atoms with van der Waals surface area (Å²) in [6, 6.07) is 5.08. The second-order valence-electron chi connectivity index (χ2n) is 3.63. The quantitative estimate of drug-likeness (QED) is 0.791. The van der Waals surface area contributed by atoms with Gasteiger partial charge in [0, 0.05) is 23.1 Å². The summed E-state index contributed by atoms with van der Waals surface area (Å²) in [4.78, 5) is 12.4. The van der Waals surface area contributed by atoms with E-state index >= 15 is 0 Å². The van der Waals surface area contributed by atoms with Crippen molar-refractivity contribution in [3.63, 3.8) is 0 Å². The zero-order valence-corrected chi connectivity index (χ0v) is 10.9. The van der Waals surface area contributed by atoms with Crippen molar-refractivity contribution in [2.75, 3.05) is 13.1 Å². The summed E-state index contributed by atoms with van der Waals surface area (Å²) in [5.74, 6) is -0.742. The molecule has 4 nitrogen and oxygen atoms in total. The van der Waals surface area contributed by atoms with Crippen LogP contribution in [-0.4, -0.2) is 34.2 Å². The Morgan fingerprint density at radius 3 is 2.82 bits per heavy atom. The number of phenols is 1. The molecule has 0 amide bonds. The van der Waals surface area contributed by atoms with Crippen LogP contribution in [0.1, 0.15) is 5.56 Å². The van der Waals surface area contributed by atoms with Crippen molar-refractivity contribution in [1.82, 2.24) is 4.90 Å². The van der Waals surface area contributed by atoms with E-state index in [-0.39, 0.29) is 12.3 Å². The molecule has 2 N–H and O–H groups in total. The minimum Gasteiger partial charge on any atom is -0.508 e. The first-order valence-electron chi connectivity index (χ1n) is 5.05. The predicted octanol–water partition coefficient (Wildman–Crippen LogP) is 2.23. The number of benzene rings is 1. The fourth-order valence-corrected chi connectivity index (χ4v) is 1.89. The second kappa shape index (κ2) is 6.42. The van der Waals surface area contributed by atoms with Gasteiger partial charge in [-0.3, -0.25) is 9.69 Å². The van der Waals surface area contributed by atoms with Crippen molar-refractivity contribution < 1.29 is 15.0 Å². The molecule has 0 bridgehead atoms. The number of carbonyl (C=O) groups is 1. The summed E-state index contributed by atoms with van der Waals surface area (Å²) < 4.78 is 0.846. The molecule has 0 saturated heterocycles. The number of carboxylic acids is 1. The standard InChI is InChI=1S/C12H14BrNO3/c1-2-5-14(8-12(16)17)7-9-6-10(13)3-4-11(9)15/h2-4,6,15H,1,5,7-8H2,(H,16,17). The number of nitrogens with zero attached hydrogens (tertiary/aromatic N) is 1. The summed E-state index contributed by atoms with van der Waals surface area (Å²) >= 11 is 3.31. The van der Waals surface area contributed by atoms with Crippen LogP contribution in [-0.2, 0) is 11.3 Å². The molecule has 0 unspecified atom stereocenters. The number of halogens is 1. The van der Waals surface area contributed by atoms with E-state index in [1.807, 2.05) is 0 Å². The van der Waals surface area contributed by atoms with Gasteiger partial charge in [-0.05, 0) is 18.2 Å². The number of hydrogen-bond donors (Lipinski definition) is 2. The Labute approximate surface area is 108 Å². The fraction of sp³-hybridized carbons (Fsp3) is 0.250. The minimum absolute atomic E-state index is 0.0853. The number of phenolic OH excluding ortho intramolecular Hbond substituents is 1. The molecule has 17 heavy (non-hydrogen) atoms. The van der Waals surface area contributed by atoms with Gasteiger partial charge >= 0.3 is 5.97 Å². The molecule has 0 aliphatic heterocycles. The Kier molecular flexibility index (Phi) is 5.18. The molecular formula is C12H14BrNO3. The van der Waals surface area contributed by atoms with Crippen LogP contribution < -0.4 is 0 Å². The van der Waals surface area contributed by atoms with E-state index in [2.05, 4.69) is 22.5 Å². The lowest BCUT2D eigenvalue weighted by molar-refractivity contribution is -0.138. The Morgan fingerprint density at radius 1 is 1.53 bits per heavy atom. The number of rotatable bonds is 6. The van der Waals surface area contributed by atoms with E-state index in [0.717, 1.165) is 4.47 Å². The maximum absolute atomic E-state index is 10.7. The van der Waals surface area contributed by atoms with E-state index in [1.54, 1.807) is 29.2 Å². The molecule has 1 rings (SSSR count). The van der Waals surface area contributed by atoms with Gasteiger partial charge in [-0.2, -0.15) is 0 Å². The van der Waals surface area contributed by atoms with Gasteiger partial charge in [0.1, 0.15) is 5.75 Å². The van der Waals surface area contributed by atoms with Crippen molar-refractivity contribution in [2.24, 2.45) is 0 Å². The molecule has 0 heterocycles. The van der Waals surface area contributed by atoms with E-state index in [0.29, 0.717) is 18.7 Å². The van der Waals surface area contributed by atoms with Gasteiger partial charge in [0.25, 0.3) is 0 Å². The lowest BCUT2D eigenvalue weighted by atomic mass is 10.2. The zero-order chi connectivity index (χ0) is 12.8. The topological polar surface area (TPSA) is 60.8 Å². The molecule has 1 aromatic rings. The fourth-order valence-electron chi connectivity index (χ4n) is 1.48. The molecule has 0 aromatic heterocycles. The summed E-state index contributed by atoms with van der Waals surface area (Å²) in [7, 11) is 0. The monoisotopic (exact) mass is 299 g/mol. The Hall–Kier alpha value is -1.33. The van der Waals surface area contributed by atoms with Crippen LogP contribution in [0.5, 0.6) is 5.75 Å². The van der Waals surface area contributed by atoms with Gasteiger partial charge in [0.2, 0.25) is 0 Å². The Balaban J connectivity index is 2.80. The van der Waals surface area contributed by atoms with Crippen LogP contribution in [0.15, 0.2) is 35.3 Å². The first kappa shape index (κ1) is 13.7. The average Bonchev–Trinajstić information content (AvgIpc) is 2.23.